The monoisotopic (exact) mass is 722 g/mol. The van der Waals surface area contributed by atoms with Gasteiger partial charge in [0.1, 0.15) is 12.6 Å². The summed E-state index contributed by atoms with van der Waals surface area (Å²) in [5.41, 5.74) is 0. The minimum Gasteiger partial charge on any atom is -0.480 e. The highest BCUT2D eigenvalue weighted by Crippen LogP contribution is 2.15. The molecule has 0 heterocycles. The quantitative estimate of drug-likeness (QED) is 0.0382. The summed E-state index contributed by atoms with van der Waals surface area (Å²) in [5.74, 6) is -1.32. The molecule has 0 saturated carbocycles. The van der Waals surface area contributed by atoms with Crippen LogP contribution in [0.4, 0.5) is 0 Å². The molecule has 0 saturated heterocycles. The van der Waals surface area contributed by atoms with E-state index < -0.39 is 5.97 Å². The van der Waals surface area contributed by atoms with Gasteiger partial charge in [-0.25, -0.2) is 0 Å². The van der Waals surface area contributed by atoms with Gasteiger partial charge >= 0.3 is 11.9 Å². The van der Waals surface area contributed by atoms with Gasteiger partial charge in [-0.2, -0.15) is 0 Å². The van der Waals surface area contributed by atoms with Gasteiger partial charge in [0.05, 0.1) is 0 Å². The van der Waals surface area contributed by atoms with E-state index in [1.807, 2.05) is 0 Å². The maximum atomic E-state index is 12.7. The number of carboxylic acids is 1. The maximum absolute atomic E-state index is 12.7. The Morgan fingerprint density at radius 1 is 0.538 bits per heavy atom. The van der Waals surface area contributed by atoms with Gasteiger partial charge in [-0.3, -0.25) is 14.4 Å². The zero-order chi connectivity index (χ0) is 38.0. The lowest BCUT2D eigenvalue weighted by atomic mass is 10.0. The first-order valence-corrected chi connectivity index (χ1v) is 20.7. The summed E-state index contributed by atoms with van der Waals surface area (Å²) in [4.78, 5) is 34.8. The number of allylic oxidation sites excluding steroid dienone is 13. The molecule has 0 radical (unpaired) electrons. The van der Waals surface area contributed by atoms with E-state index in [9.17, 15) is 14.4 Å². The maximum Gasteiger partial charge on any atom is 0.322 e. The highest BCUT2D eigenvalue weighted by Gasteiger charge is 2.11. The first kappa shape index (κ1) is 48.6. The average Bonchev–Trinajstić information content (AvgIpc) is 3.13. The lowest BCUT2D eigenvalue weighted by Gasteiger charge is -2.15. The number of nitrogens with one attached hydrogen (secondary N) is 1. The van der Waals surface area contributed by atoms with Crippen molar-refractivity contribution >= 4 is 17.8 Å². The Kier molecular flexibility index (Phi) is 37.7. The number of hydrogen-bond acceptors (Lipinski definition) is 4. The zero-order valence-corrected chi connectivity index (χ0v) is 33.1. The summed E-state index contributed by atoms with van der Waals surface area (Å²) in [5, 5.41) is 11.0. The Hall–Kier alpha value is -3.41. The summed E-state index contributed by atoms with van der Waals surface area (Å²) in [6.45, 7) is 4.08. The van der Waals surface area contributed by atoms with Gasteiger partial charge in [-0.05, 0) is 96.0 Å². The lowest BCUT2D eigenvalue weighted by Crippen LogP contribution is -2.28. The molecule has 0 rings (SSSR count). The molecule has 0 aromatic carbocycles. The second-order valence-corrected chi connectivity index (χ2v) is 13.5. The third-order valence-corrected chi connectivity index (χ3v) is 8.54. The lowest BCUT2D eigenvalue weighted by molar-refractivity contribution is -0.147. The second-order valence-electron chi connectivity index (χ2n) is 13.5. The van der Waals surface area contributed by atoms with Gasteiger partial charge in [0.15, 0.2) is 0 Å². The highest BCUT2D eigenvalue weighted by atomic mass is 16.5. The number of amides is 1. The van der Waals surface area contributed by atoms with E-state index in [1.165, 1.54) is 38.5 Å². The van der Waals surface area contributed by atoms with Crippen LogP contribution in [0.5, 0.6) is 0 Å². The summed E-state index contributed by atoms with van der Waals surface area (Å²) in [7, 11) is 0. The number of esters is 1. The molecule has 294 valence electrons. The van der Waals surface area contributed by atoms with Crippen LogP contribution in [-0.2, 0) is 19.1 Å². The first-order chi connectivity index (χ1) is 25.5. The van der Waals surface area contributed by atoms with E-state index in [4.69, 9.17) is 9.84 Å². The molecule has 0 aliphatic carbocycles. The van der Waals surface area contributed by atoms with Crippen molar-refractivity contribution in [3.63, 3.8) is 0 Å². The largest absolute Gasteiger partial charge is 0.480 e. The molecule has 0 aromatic heterocycles. The Balaban J connectivity index is 4.22. The van der Waals surface area contributed by atoms with Crippen LogP contribution in [0.25, 0.3) is 0 Å². The number of rotatable bonds is 36. The minimum atomic E-state index is -1.02. The third kappa shape index (κ3) is 39.4. The molecular weight excluding hydrogens is 647 g/mol. The zero-order valence-electron chi connectivity index (χ0n) is 33.1. The number of carbonyl (C=O) groups excluding carboxylic acids is 2. The van der Waals surface area contributed by atoms with Crippen LogP contribution in [-0.4, -0.2) is 35.6 Å². The van der Waals surface area contributed by atoms with Crippen LogP contribution in [0.15, 0.2) is 85.1 Å². The van der Waals surface area contributed by atoms with E-state index in [0.29, 0.717) is 12.8 Å². The summed E-state index contributed by atoms with van der Waals surface area (Å²) in [6, 6.07) is 0. The topological polar surface area (TPSA) is 92.7 Å². The van der Waals surface area contributed by atoms with E-state index in [-0.39, 0.29) is 24.5 Å². The fourth-order valence-corrected chi connectivity index (χ4v) is 5.48. The molecule has 6 nitrogen and oxygen atoms in total. The molecule has 1 atom stereocenters. The Morgan fingerprint density at radius 2 is 1.00 bits per heavy atom. The van der Waals surface area contributed by atoms with Crippen molar-refractivity contribution < 1.29 is 24.2 Å². The SMILES string of the molecule is CC/C=C\C/C=C\C/C=C\C/C=C\C/C=C\C/C=C\CCCCC(=O)OC(/C=C\CCCCCCCC)CCCCCCCCC(=O)NCC(=O)O. The van der Waals surface area contributed by atoms with Crippen LogP contribution in [0.3, 0.4) is 0 Å². The van der Waals surface area contributed by atoms with E-state index in [0.717, 1.165) is 109 Å². The van der Waals surface area contributed by atoms with Crippen molar-refractivity contribution in [2.75, 3.05) is 6.54 Å². The number of aliphatic carboxylic acids is 1. The third-order valence-electron chi connectivity index (χ3n) is 8.54. The van der Waals surface area contributed by atoms with Gasteiger partial charge in [0.25, 0.3) is 0 Å². The van der Waals surface area contributed by atoms with Crippen molar-refractivity contribution in [2.45, 2.75) is 180 Å². The standard InChI is InChI=1S/C46H75NO5/c1-3-5-7-9-11-13-14-15-16-17-18-19-20-21-22-23-24-25-27-33-37-41-46(51)52-43(38-34-30-26-12-10-8-6-4-2)39-35-31-28-29-32-36-40-44(48)47-42-45(49)50/h5,7,11,13,15-16,18-19,21-22,24-25,34,38,43H,3-4,6,8-10,12,14,17,20,23,26-33,35-37,39-42H2,1-2H3,(H,47,48)(H,49,50)/b7-5-,13-11-,16-15-,19-18-,22-21-,25-24-,38-34-. The van der Waals surface area contributed by atoms with Crippen LogP contribution in [0, 0.1) is 0 Å². The Labute approximate surface area is 318 Å². The molecule has 0 aromatic rings. The number of hydrogen-bond donors (Lipinski definition) is 2. The highest BCUT2D eigenvalue weighted by molar-refractivity contribution is 5.80. The predicted molar refractivity (Wildman–Crippen MR) is 221 cm³/mol. The van der Waals surface area contributed by atoms with Gasteiger partial charge in [-0.15, -0.1) is 0 Å². The molecule has 1 unspecified atom stereocenters. The minimum absolute atomic E-state index is 0.0989. The Morgan fingerprint density at radius 3 is 1.58 bits per heavy atom. The molecule has 52 heavy (non-hydrogen) atoms. The average molecular weight is 722 g/mol. The molecule has 0 aliphatic rings. The second kappa shape index (κ2) is 40.4. The number of carbonyl (C=O) groups is 3. The fraction of sp³-hybridized carbons (Fsp3) is 0.630. The van der Waals surface area contributed by atoms with Gasteiger partial charge in [-0.1, -0.05) is 151 Å². The Bertz CT molecular complexity index is 1060. The summed E-state index contributed by atoms with van der Waals surface area (Å²) in [6.07, 6.45) is 55.8. The van der Waals surface area contributed by atoms with Crippen LogP contribution in [0.2, 0.25) is 0 Å². The van der Waals surface area contributed by atoms with E-state index in [2.05, 4.69) is 104 Å². The number of unbranched alkanes of at least 4 members (excludes halogenated alkanes) is 13. The molecule has 0 fully saturated rings. The van der Waals surface area contributed by atoms with E-state index in [1.54, 1.807) is 0 Å². The molecule has 0 aliphatic heterocycles. The van der Waals surface area contributed by atoms with Gasteiger partial charge in [0, 0.05) is 12.8 Å². The molecule has 2 N–H and O–H groups in total. The van der Waals surface area contributed by atoms with Gasteiger partial charge < -0.3 is 15.2 Å². The van der Waals surface area contributed by atoms with E-state index >= 15 is 0 Å². The number of ether oxygens (including phenoxy) is 1. The van der Waals surface area contributed by atoms with Crippen molar-refractivity contribution in [2.24, 2.45) is 0 Å². The molecule has 0 bridgehead atoms. The molecule has 1 amide bonds. The normalized spacial score (nSPS) is 13.0. The summed E-state index contributed by atoms with van der Waals surface area (Å²) >= 11 is 0. The summed E-state index contributed by atoms with van der Waals surface area (Å²) < 4.78 is 5.91. The first-order valence-electron chi connectivity index (χ1n) is 20.7. The van der Waals surface area contributed by atoms with Crippen molar-refractivity contribution in [1.29, 1.82) is 0 Å². The molecule has 6 heteroatoms. The smallest absolute Gasteiger partial charge is 0.322 e. The van der Waals surface area contributed by atoms with Gasteiger partial charge in [0.2, 0.25) is 5.91 Å². The van der Waals surface area contributed by atoms with Crippen LogP contribution in [0.1, 0.15) is 174 Å². The predicted octanol–water partition coefficient (Wildman–Crippen LogP) is 12.8. The molecular formula is C46H75NO5. The van der Waals surface area contributed by atoms with Crippen molar-refractivity contribution in [3.8, 4) is 0 Å². The number of carboxylic acid groups (broad SMARTS) is 1. The molecule has 0 spiro atoms. The fourth-order valence-electron chi connectivity index (χ4n) is 5.48. The van der Waals surface area contributed by atoms with Crippen LogP contribution >= 0.6 is 0 Å². The van der Waals surface area contributed by atoms with Crippen LogP contribution < -0.4 is 5.32 Å². The van der Waals surface area contributed by atoms with Crippen molar-refractivity contribution in [1.82, 2.24) is 5.32 Å². The van der Waals surface area contributed by atoms with Crippen molar-refractivity contribution in [3.05, 3.63) is 85.1 Å².